The van der Waals surface area contributed by atoms with Gasteiger partial charge in [0.05, 0.1) is 12.4 Å². The fourth-order valence-electron chi connectivity index (χ4n) is 3.21. The van der Waals surface area contributed by atoms with Crippen molar-refractivity contribution in [1.29, 1.82) is 0 Å². The van der Waals surface area contributed by atoms with Crippen LogP contribution in [0.25, 0.3) is 0 Å². The highest BCUT2D eigenvalue weighted by Crippen LogP contribution is 2.17. The molecule has 1 amide bonds. The molecule has 26 heavy (non-hydrogen) atoms. The molecule has 0 radical (unpaired) electrons. The minimum Gasteiger partial charge on any atom is -0.368 e. The lowest BCUT2D eigenvalue weighted by Gasteiger charge is -2.15. The molecule has 2 aromatic rings. The molecule has 1 heterocycles. The van der Waals surface area contributed by atoms with Crippen molar-refractivity contribution in [2.75, 3.05) is 11.9 Å². The Morgan fingerprint density at radius 1 is 1.04 bits per heavy atom. The lowest BCUT2D eigenvalue weighted by Crippen LogP contribution is -2.34. The SMILES string of the molecule is O=C(NC1CCCCCC1)c1cnc(NCCc2ccc(F)cc2)cn1. The fraction of sp³-hybridized carbons (Fsp3) is 0.450. The predicted molar refractivity (Wildman–Crippen MR) is 99.6 cm³/mol. The zero-order valence-corrected chi connectivity index (χ0v) is 14.9. The molecule has 2 N–H and O–H groups in total. The molecule has 1 aliphatic carbocycles. The third kappa shape index (κ3) is 5.51. The van der Waals surface area contributed by atoms with Crippen LogP contribution in [0.2, 0.25) is 0 Å². The van der Waals surface area contributed by atoms with Gasteiger partial charge in [0.1, 0.15) is 17.3 Å². The van der Waals surface area contributed by atoms with Crippen LogP contribution in [-0.2, 0) is 6.42 Å². The number of carbonyl (C=O) groups excluding carboxylic acids is 1. The van der Waals surface area contributed by atoms with Gasteiger partial charge in [-0.05, 0) is 37.0 Å². The van der Waals surface area contributed by atoms with E-state index in [9.17, 15) is 9.18 Å². The second kappa shape index (κ2) is 9.27. The number of anilines is 1. The van der Waals surface area contributed by atoms with Crippen LogP contribution in [0.5, 0.6) is 0 Å². The molecule has 138 valence electrons. The summed E-state index contributed by atoms with van der Waals surface area (Å²) in [6.07, 6.45) is 10.8. The summed E-state index contributed by atoms with van der Waals surface area (Å²) in [6.45, 7) is 0.661. The molecule has 0 spiro atoms. The fourth-order valence-corrected chi connectivity index (χ4v) is 3.21. The van der Waals surface area contributed by atoms with Crippen LogP contribution < -0.4 is 10.6 Å². The number of hydrogen-bond acceptors (Lipinski definition) is 4. The van der Waals surface area contributed by atoms with Gasteiger partial charge in [-0.3, -0.25) is 4.79 Å². The van der Waals surface area contributed by atoms with Crippen LogP contribution >= 0.6 is 0 Å². The number of benzene rings is 1. The molecule has 0 unspecified atom stereocenters. The third-order valence-corrected chi connectivity index (χ3v) is 4.71. The van der Waals surface area contributed by atoms with Gasteiger partial charge in [-0.2, -0.15) is 0 Å². The van der Waals surface area contributed by atoms with Crippen LogP contribution in [-0.4, -0.2) is 28.5 Å². The number of halogens is 1. The topological polar surface area (TPSA) is 66.9 Å². The first-order valence-corrected chi connectivity index (χ1v) is 9.32. The lowest BCUT2D eigenvalue weighted by molar-refractivity contribution is 0.0928. The maximum Gasteiger partial charge on any atom is 0.271 e. The van der Waals surface area contributed by atoms with Crippen LogP contribution in [0.3, 0.4) is 0 Å². The van der Waals surface area contributed by atoms with Gasteiger partial charge < -0.3 is 10.6 Å². The van der Waals surface area contributed by atoms with Crippen LogP contribution in [0.1, 0.15) is 54.6 Å². The normalized spacial score (nSPS) is 15.3. The summed E-state index contributed by atoms with van der Waals surface area (Å²) in [6, 6.07) is 6.70. The number of aromatic nitrogens is 2. The highest BCUT2D eigenvalue weighted by molar-refractivity contribution is 5.92. The van der Waals surface area contributed by atoms with E-state index in [0.717, 1.165) is 24.8 Å². The lowest BCUT2D eigenvalue weighted by atomic mass is 10.1. The van der Waals surface area contributed by atoms with Crippen LogP contribution in [0, 0.1) is 5.82 Å². The second-order valence-corrected chi connectivity index (χ2v) is 6.75. The Kier molecular flexibility index (Phi) is 6.52. The van der Waals surface area contributed by atoms with Crippen molar-refractivity contribution >= 4 is 11.7 Å². The quantitative estimate of drug-likeness (QED) is 0.774. The smallest absolute Gasteiger partial charge is 0.271 e. The Bertz CT molecular complexity index is 695. The van der Waals surface area contributed by atoms with Gasteiger partial charge in [-0.1, -0.05) is 37.8 Å². The van der Waals surface area contributed by atoms with Gasteiger partial charge in [0.15, 0.2) is 0 Å². The minimum absolute atomic E-state index is 0.151. The first kappa shape index (κ1) is 18.3. The molecule has 1 aromatic heterocycles. The molecule has 3 rings (SSSR count). The molecule has 1 saturated carbocycles. The van der Waals surface area contributed by atoms with E-state index < -0.39 is 0 Å². The van der Waals surface area contributed by atoms with E-state index in [2.05, 4.69) is 20.6 Å². The summed E-state index contributed by atoms with van der Waals surface area (Å²) in [5.74, 6) is 0.241. The first-order chi connectivity index (χ1) is 12.7. The first-order valence-electron chi connectivity index (χ1n) is 9.32. The number of nitrogens with zero attached hydrogens (tertiary/aromatic N) is 2. The Hall–Kier alpha value is -2.50. The monoisotopic (exact) mass is 356 g/mol. The zero-order valence-electron chi connectivity index (χ0n) is 14.9. The van der Waals surface area contributed by atoms with Crippen molar-refractivity contribution in [2.24, 2.45) is 0 Å². The Balaban J connectivity index is 1.46. The van der Waals surface area contributed by atoms with Gasteiger partial charge in [-0.25, -0.2) is 14.4 Å². The van der Waals surface area contributed by atoms with Crippen molar-refractivity contribution in [2.45, 2.75) is 51.0 Å². The van der Waals surface area contributed by atoms with E-state index in [-0.39, 0.29) is 17.8 Å². The highest BCUT2D eigenvalue weighted by Gasteiger charge is 2.16. The van der Waals surface area contributed by atoms with Gasteiger partial charge in [0.2, 0.25) is 0 Å². The summed E-state index contributed by atoms with van der Waals surface area (Å²) < 4.78 is 12.9. The molecule has 0 atom stereocenters. The molecule has 5 nitrogen and oxygen atoms in total. The van der Waals surface area contributed by atoms with E-state index in [1.54, 1.807) is 18.3 Å². The van der Waals surface area contributed by atoms with Crippen LogP contribution in [0.4, 0.5) is 10.2 Å². The number of nitrogens with one attached hydrogen (secondary N) is 2. The van der Waals surface area contributed by atoms with E-state index in [4.69, 9.17) is 0 Å². The zero-order chi connectivity index (χ0) is 18.2. The largest absolute Gasteiger partial charge is 0.368 e. The molecule has 1 aromatic carbocycles. The summed E-state index contributed by atoms with van der Waals surface area (Å²) in [7, 11) is 0. The number of hydrogen-bond donors (Lipinski definition) is 2. The average Bonchev–Trinajstić information content (AvgIpc) is 2.92. The van der Waals surface area contributed by atoms with Gasteiger partial charge >= 0.3 is 0 Å². The van der Waals surface area contributed by atoms with Crippen molar-refractivity contribution in [3.8, 4) is 0 Å². The van der Waals surface area contributed by atoms with E-state index >= 15 is 0 Å². The summed E-state index contributed by atoms with van der Waals surface area (Å²) >= 11 is 0. The highest BCUT2D eigenvalue weighted by atomic mass is 19.1. The molecule has 1 fully saturated rings. The third-order valence-electron chi connectivity index (χ3n) is 4.71. The second-order valence-electron chi connectivity index (χ2n) is 6.75. The molecular weight excluding hydrogens is 331 g/mol. The van der Waals surface area contributed by atoms with E-state index in [0.29, 0.717) is 18.1 Å². The summed E-state index contributed by atoms with van der Waals surface area (Å²) in [5.41, 5.74) is 1.39. The molecule has 0 bridgehead atoms. The average molecular weight is 356 g/mol. The molecular formula is C20H25FN4O. The van der Waals surface area contributed by atoms with Crippen molar-refractivity contribution in [3.63, 3.8) is 0 Å². The standard InChI is InChI=1S/C20H25FN4O/c21-16-9-7-15(8-10-16)11-12-22-19-14-23-18(13-24-19)20(26)25-17-5-3-1-2-4-6-17/h7-10,13-14,17H,1-6,11-12H2,(H,22,24)(H,25,26). The summed E-state index contributed by atoms with van der Waals surface area (Å²) in [5, 5.41) is 6.24. The van der Waals surface area contributed by atoms with Gasteiger partial charge in [0, 0.05) is 12.6 Å². The van der Waals surface area contributed by atoms with Crippen molar-refractivity contribution < 1.29 is 9.18 Å². The van der Waals surface area contributed by atoms with Crippen molar-refractivity contribution in [1.82, 2.24) is 15.3 Å². The number of carbonyl (C=O) groups is 1. The predicted octanol–water partition coefficient (Wildman–Crippen LogP) is 3.72. The Morgan fingerprint density at radius 2 is 1.77 bits per heavy atom. The van der Waals surface area contributed by atoms with Gasteiger partial charge in [0.25, 0.3) is 5.91 Å². The van der Waals surface area contributed by atoms with Crippen LogP contribution in [0.15, 0.2) is 36.7 Å². The maximum absolute atomic E-state index is 12.9. The van der Waals surface area contributed by atoms with Gasteiger partial charge in [-0.15, -0.1) is 0 Å². The summed E-state index contributed by atoms with van der Waals surface area (Å²) in [4.78, 5) is 20.8. The Labute approximate surface area is 153 Å². The maximum atomic E-state index is 12.9. The van der Waals surface area contributed by atoms with E-state index in [1.807, 2.05) is 0 Å². The molecule has 6 heteroatoms. The number of rotatable bonds is 6. The molecule has 0 saturated heterocycles. The van der Waals surface area contributed by atoms with Crippen molar-refractivity contribution in [3.05, 3.63) is 53.7 Å². The molecule has 1 aliphatic rings. The molecule has 0 aliphatic heterocycles. The van der Waals surface area contributed by atoms with E-state index in [1.165, 1.54) is 44.0 Å². The Morgan fingerprint density at radius 3 is 2.42 bits per heavy atom. The minimum atomic E-state index is -0.231. The number of amides is 1.